The Bertz CT molecular complexity index is 276. The summed E-state index contributed by atoms with van der Waals surface area (Å²) in [6.45, 7) is 6.75. The molecule has 0 spiro atoms. The highest BCUT2D eigenvalue weighted by molar-refractivity contribution is 7.98. The molecule has 2 atom stereocenters. The van der Waals surface area contributed by atoms with Crippen molar-refractivity contribution in [2.45, 2.75) is 45.1 Å². The minimum absolute atomic E-state index is 0.00523. The van der Waals surface area contributed by atoms with E-state index < -0.39 is 0 Å². The molecule has 1 rings (SSSR count). The molecule has 1 heterocycles. The number of piperidine rings is 1. The van der Waals surface area contributed by atoms with Crippen LogP contribution in [0.15, 0.2) is 0 Å². The zero-order chi connectivity index (χ0) is 14.8. The molecule has 0 aromatic carbocycles. The molecule has 0 aliphatic carbocycles. The van der Waals surface area contributed by atoms with E-state index in [2.05, 4.69) is 17.1 Å². The van der Waals surface area contributed by atoms with Crippen LogP contribution in [0.2, 0.25) is 0 Å². The molecule has 0 radical (unpaired) electrons. The predicted molar refractivity (Wildman–Crippen MR) is 88.1 cm³/mol. The topological polar surface area (TPSA) is 58.4 Å². The molecule has 0 aromatic rings. The van der Waals surface area contributed by atoms with E-state index in [1.807, 2.05) is 6.26 Å². The monoisotopic (exact) mass is 301 g/mol. The number of unbranched alkanes of at least 4 members (excludes halogenated alkanes) is 1. The number of rotatable bonds is 9. The van der Waals surface area contributed by atoms with Gasteiger partial charge in [-0.15, -0.1) is 0 Å². The van der Waals surface area contributed by atoms with Crippen LogP contribution in [0.3, 0.4) is 0 Å². The number of nitrogens with two attached hydrogens (primary N) is 1. The van der Waals surface area contributed by atoms with Crippen molar-refractivity contribution in [1.29, 1.82) is 0 Å². The number of nitrogens with one attached hydrogen (secondary N) is 1. The lowest BCUT2D eigenvalue weighted by Crippen LogP contribution is -2.41. The maximum atomic E-state index is 11.7. The van der Waals surface area contributed by atoms with Crippen LogP contribution >= 0.6 is 11.8 Å². The molecule has 1 amide bonds. The summed E-state index contributed by atoms with van der Waals surface area (Å²) in [7, 11) is 0. The lowest BCUT2D eigenvalue weighted by molar-refractivity contribution is -0.122. The number of thioether (sulfide) groups is 1. The highest BCUT2D eigenvalue weighted by Gasteiger charge is 2.15. The smallest absolute Gasteiger partial charge is 0.236 e. The van der Waals surface area contributed by atoms with Crippen LogP contribution in [0.1, 0.15) is 39.0 Å². The second kappa shape index (κ2) is 10.5. The van der Waals surface area contributed by atoms with Crippen molar-refractivity contribution in [1.82, 2.24) is 10.2 Å². The number of hydrogen-bond acceptors (Lipinski definition) is 4. The zero-order valence-electron chi connectivity index (χ0n) is 13.1. The average Bonchev–Trinajstić information content (AvgIpc) is 2.44. The summed E-state index contributed by atoms with van der Waals surface area (Å²) < 4.78 is 0. The Morgan fingerprint density at radius 2 is 2.30 bits per heavy atom. The first-order valence-electron chi connectivity index (χ1n) is 7.88. The molecular formula is C15H31N3OS. The summed E-state index contributed by atoms with van der Waals surface area (Å²) >= 11 is 1.73. The molecule has 5 heteroatoms. The van der Waals surface area contributed by atoms with Crippen LogP contribution in [0, 0.1) is 5.92 Å². The summed E-state index contributed by atoms with van der Waals surface area (Å²) in [5.41, 5.74) is 5.82. The first-order chi connectivity index (χ1) is 9.63. The molecule has 1 aliphatic heterocycles. The van der Waals surface area contributed by atoms with Gasteiger partial charge in [-0.3, -0.25) is 4.79 Å². The molecule has 0 saturated carbocycles. The third-order valence-electron chi connectivity index (χ3n) is 3.91. The van der Waals surface area contributed by atoms with Crippen molar-refractivity contribution in [3.63, 3.8) is 0 Å². The first kappa shape index (κ1) is 17.8. The molecule has 20 heavy (non-hydrogen) atoms. The molecule has 1 aliphatic rings. The van der Waals surface area contributed by atoms with Gasteiger partial charge in [0.15, 0.2) is 0 Å². The van der Waals surface area contributed by atoms with E-state index in [0.29, 0.717) is 0 Å². The summed E-state index contributed by atoms with van der Waals surface area (Å²) in [5, 5.41) is 2.95. The van der Waals surface area contributed by atoms with Gasteiger partial charge in [0.25, 0.3) is 0 Å². The summed E-state index contributed by atoms with van der Waals surface area (Å²) in [6, 6.07) is -0.342. The van der Waals surface area contributed by atoms with Gasteiger partial charge in [-0.1, -0.05) is 6.92 Å². The third-order valence-corrected chi connectivity index (χ3v) is 4.56. The number of carbonyl (C=O) groups is 1. The fourth-order valence-electron chi connectivity index (χ4n) is 2.67. The minimum atomic E-state index is -0.342. The largest absolute Gasteiger partial charge is 0.355 e. The van der Waals surface area contributed by atoms with Gasteiger partial charge in [-0.2, -0.15) is 11.8 Å². The molecule has 0 bridgehead atoms. The van der Waals surface area contributed by atoms with Crippen LogP contribution in [-0.4, -0.2) is 55.0 Å². The summed E-state index contributed by atoms with van der Waals surface area (Å²) in [6.07, 6.45) is 7.71. The van der Waals surface area contributed by atoms with Crippen molar-refractivity contribution in [2.75, 3.05) is 38.2 Å². The third kappa shape index (κ3) is 7.50. The molecule has 2 unspecified atom stereocenters. The molecular weight excluding hydrogens is 270 g/mol. The van der Waals surface area contributed by atoms with E-state index >= 15 is 0 Å². The van der Waals surface area contributed by atoms with Crippen molar-refractivity contribution >= 4 is 17.7 Å². The van der Waals surface area contributed by atoms with Crippen LogP contribution in [-0.2, 0) is 4.79 Å². The Hall–Kier alpha value is -0.260. The average molecular weight is 302 g/mol. The summed E-state index contributed by atoms with van der Waals surface area (Å²) in [5.74, 6) is 1.80. The van der Waals surface area contributed by atoms with Gasteiger partial charge in [0.1, 0.15) is 0 Å². The minimum Gasteiger partial charge on any atom is -0.355 e. The van der Waals surface area contributed by atoms with E-state index in [9.17, 15) is 4.79 Å². The van der Waals surface area contributed by atoms with Gasteiger partial charge in [-0.05, 0) is 63.1 Å². The van der Waals surface area contributed by atoms with Gasteiger partial charge >= 0.3 is 0 Å². The lowest BCUT2D eigenvalue weighted by atomic mass is 10.0. The van der Waals surface area contributed by atoms with E-state index in [0.717, 1.165) is 37.5 Å². The fourth-order valence-corrected chi connectivity index (χ4v) is 3.16. The molecule has 118 valence electrons. The number of amides is 1. The standard InChI is InChI=1S/C15H31N3OS/c1-13-6-5-10-18(12-13)9-4-3-8-17-15(19)14(16)7-11-20-2/h13-14H,3-12,16H2,1-2H3,(H,17,19). The Labute approximate surface area is 128 Å². The van der Waals surface area contributed by atoms with E-state index in [4.69, 9.17) is 5.73 Å². The van der Waals surface area contributed by atoms with E-state index in [-0.39, 0.29) is 11.9 Å². The van der Waals surface area contributed by atoms with Gasteiger partial charge < -0.3 is 16.0 Å². The quantitative estimate of drug-likeness (QED) is 0.636. The van der Waals surface area contributed by atoms with Crippen molar-refractivity contribution in [2.24, 2.45) is 11.7 Å². The number of nitrogens with zero attached hydrogens (tertiary/aromatic N) is 1. The SMILES string of the molecule is CSCCC(N)C(=O)NCCCCN1CCCC(C)C1. The van der Waals surface area contributed by atoms with Crippen LogP contribution in [0.25, 0.3) is 0 Å². The van der Waals surface area contributed by atoms with Crippen molar-refractivity contribution in [3.05, 3.63) is 0 Å². The number of hydrogen-bond donors (Lipinski definition) is 2. The normalized spacial score (nSPS) is 21.6. The van der Waals surface area contributed by atoms with Gasteiger partial charge in [0, 0.05) is 13.1 Å². The molecule has 1 fully saturated rings. The Morgan fingerprint density at radius 1 is 1.50 bits per heavy atom. The van der Waals surface area contributed by atoms with Crippen molar-refractivity contribution in [3.8, 4) is 0 Å². The van der Waals surface area contributed by atoms with Gasteiger partial charge in [0.2, 0.25) is 5.91 Å². The van der Waals surface area contributed by atoms with Gasteiger partial charge in [0.05, 0.1) is 6.04 Å². The Morgan fingerprint density at radius 3 is 3.00 bits per heavy atom. The van der Waals surface area contributed by atoms with Gasteiger partial charge in [-0.25, -0.2) is 0 Å². The highest BCUT2D eigenvalue weighted by atomic mass is 32.2. The summed E-state index contributed by atoms with van der Waals surface area (Å²) in [4.78, 5) is 14.3. The van der Waals surface area contributed by atoms with Crippen LogP contribution in [0.4, 0.5) is 0 Å². The second-order valence-corrected chi connectivity index (χ2v) is 6.92. The lowest BCUT2D eigenvalue weighted by Gasteiger charge is -2.30. The number of carbonyl (C=O) groups excluding carboxylic acids is 1. The van der Waals surface area contributed by atoms with Crippen LogP contribution in [0.5, 0.6) is 0 Å². The maximum Gasteiger partial charge on any atom is 0.236 e. The zero-order valence-corrected chi connectivity index (χ0v) is 13.9. The fraction of sp³-hybridized carbons (Fsp3) is 0.933. The highest BCUT2D eigenvalue weighted by Crippen LogP contribution is 2.15. The van der Waals surface area contributed by atoms with E-state index in [1.165, 1.54) is 32.5 Å². The molecule has 4 nitrogen and oxygen atoms in total. The maximum absolute atomic E-state index is 11.7. The Kier molecular flexibility index (Phi) is 9.31. The second-order valence-electron chi connectivity index (χ2n) is 5.93. The van der Waals surface area contributed by atoms with E-state index in [1.54, 1.807) is 11.8 Å². The molecule has 3 N–H and O–H groups in total. The Balaban J connectivity index is 1.99. The van der Waals surface area contributed by atoms with Crippen molar-refractivity contribution < 1.29 is 4.79 Å². The van der Waals surface area contributed by atoms with Crippen LogP contribution < -0.4 is 11.1 Å². The molecule has 0 aromatic heterocycles. The number of likely N-dealkylation sites (tertiary alicyclic amines) is 1. The first-order valence-corrected chi connectivity index (χ1v) is 9.27. The predicted octanol–water partition coefficient (Wildman–Crippen LogP) is 1.70. The molecule has 1 saturated heterocycles.